The lowest BCUT2D eigenvalue weighted by atomic mass is 9.90. The maximum atomic E-state index is 13.0. The van der Waals surface area contributed by atoms with Crippen LogP contribution in [0.25, 0.3) is 33.4 Å². The van der Waals surface area contributed by atoms with Gasteiger partial charge in [-0.3, -0.25) is 0 Å². The zero-order valence-corrected chi connectivity index (χ0v) is 20.0. The van der Waals surface area contributed by atoms with Crippen molar-refractivity contribution in [2.24, 2.45) is 0 Å². The third-order valence-electron chi connectivity index (χ3n) is 6.14. The third-order valence-corrected chi connectivity index (χ3v) is 6.14. The Balaban J connectivity index is 2.01. The van der Waals surface area contributed by atoms with Crippen molar-refractivity contribution in [1.29, 1.82) is 0 Å². The van der Waals surface area contributed by atoms with Crippen LogP contribution in [0.4, 0.5) is 0 Å². The van der Waals surface area contributed by atoms with Crippen molar-refractivity contribution in [2.75, 3.05) is 19.7 Å². The van der Waals surface area contributed by atoms with Crippen molar-refractivity contribution in [3.8, 4) is 22.5 Å². The second kappa shape index (κ2) is 10.0. The first-order valence-electron chi connectivity index (χ1n) is 11.9. The molecule has 4 rings (SSSR count). The summed E-state index contributed by atoms with van der Waals surface area (Å²) in [7, 11) is 0. The second-order valence-corrected chi connectivity index (χ2v) is 8.36. The average Bonchev–Trinajstić information content (AvgIpc) is 2.83. The van der Waals surface area contributed by atoms with Gasteiger partial charge in [0.25, 0.3) is 0 Å². The Morgan fingerprint density at radius 3 is 2.48 bits per heavy atom. The van der Waals surface area contributed by atoms with Gasteiger partial charge in [-0.2, -0.15) is 0 Å². The minimum atomic E-state index is -0.284. The van der Waals surface area contributed by atoms with Crippen molar-refractivity contribution >= 4 is 16.9 Å². The lowest BCUT2D eigenvalue weighted by molar-refractivity contribution is 0.0500. The number of fused-ring (bicyclic) bond motifs is 2. The van der Waals surface area contributed by atoms with Crippen molar-refractivity contribution in [3.05, 3.63) is 77.1 Å². The molecule has 1 heterocycles. The summed E-state index contributed by atoms with van der Waals surface area (Å²) in [6, 6.07) is 20.3. The highest BCUT2D eigenvalue weighted by Crippen LogP contribution is 2.41. The number of carbonyl (C=O) groups is 1. The van der Waals surface area contributed by atoms with Gasteiger partial charge in [-0.05, 0) is 56.5 Å². The molecule has 0 fully saturated rings. The van der Waals surface area contributed by atoms with Crippen LogP contribution < -0.4 is 9.93 Å². The van der Waals surface area contributed by atoms with Crippen LogP contribution in [0.1, 0.15) is 49.5 Å². The predicted octanol–water partition coefficient (Wildman–Crippen LogP) is 6.28. The SMILES string of the molecule is CCCCOC(=O)c1ccccc1-c1c2ccc(=[N+](CC)CC)cc-2oc2cc(C)ccc12. The molecular weight excluding hydrogens is 410 g/mol. The summed E-state index contributed by atoms with van der Waals surface area (Å²) in [6.07, 6.45) is 1.84. The fourth-order valence-corrected chi connectivity index (χ4v) is 4.33. The normalized spacial score (nSPS) is 11.2. The van der Waals surface area contributed by atoms with Crippen molar-refractivity contribution in [3.63, 3.8) is 0 Å². The van der Waals surface area contributed by atoms with Gasteiger partial charge in [0.1, 0.15) is 24.4 Å². The fourth-order valence-electron chi connectivity index (χ4n) is 4.33. The summed E-state index contributed by atoms with van der Waals surface area (Å²) in [5.41, 5.74) is 5.36. The van der Waals surface area contributed by atoms with Gasteiger partial charge < -0.3 is 9.15 Å². The maximum absolute atomic E-state index is 13.0. The highest BCUT2D eigenvalue weighted by Gasteiger charge is 2.22. The largest absolute Gasteiger partial charge is 0.462 e. The van der Waals surface area contributed by atoms with E-state index >= 15 is 0 Å². The molecule has 0 bridgehead atoms. The molecule has 4 nitrogen and oxygen atoms in total. The van der Waals surface area contributed by atoms with Crippen LogP contribution in [-0.4, -0.2) is 25.7 Å². The molecule has 0 atom stereocenters. The molecule has 0 radical (unpaired) electrons. The molecule has 0 aromatic heterocycles. The highest BCUT2D eigenvalue weighted by atomic mass is 16.5. The predicted molar refractivity (Wildman–Crippen MR) is 135 cm³/mol. The molecule has 0 spiro atoms. The summed E-state index contributed by atoms with van der Waals surface area (Å²) in [5, 5.41) is 2.11. The lowest BCUT2D eigenvalue weighted by Gasteiger charge is -2.17. The monoisotopic (exact) mass is 442 g/mol. The molecule has 2 aromatic carbocycles. The van der Waals surface area contributed by atoms with Crippen LogP contribution in [0.2, 0.25) is 0 Å². The molecule has 0 saturated heterocycles. The Bertz CT molecular complexity index is 1330. The molecule has 0 saturated carbocycles. The van der Waals surface area contributed by atoms with Gasteiger partial charge in [-0.1, -0.05) is 43.7 Å². The van der Waals surface area contributed by atoms with E-state index in [0.29, 0.717) is 12.2 Å². The van der Waals surface area contributed by atoms with Crippen molar-refractivity contribution < 1.29 is 13.9 Å². The van der Waals surface area contributed by atoms with Crippen LogP contribution in [0.15, 0.2) is 65.1 Å². The Kier molecular flexibility index (Phi) is 6.93. The van der Waals surface area contributed by atoms with E-state index in [4.69, 9.17) is 9.15 Å². The third kappa shape index (κ3) is 4.56. The zero-order chi connectivity index (χ0) is 23.4. The molecule has 0 N–H and O–H groups in total. The maximum Gasteiger partial charge on any atom is 0.338 e. The molecule has 1 aliphatic heterocycles. The number of esters is 1. The number of hydrogen-bond acceptors (Lipinski definition) is 3. The number of hydrogen-bond donors (Lipinski definition) is 0. The van der Waals surface area contributed by atoms with Crippen LogP contribution in [-0.2, 0) is 4.74 Å². The number of aryl methyl sites for hydroxylation is 1. The first-order valence-corrected chi connectivity index (χ1v) is 11.9. The number of ether oxygens (including phenoxy) is 1. The molecule has 33 heavy (non-hydrogen) atoms. The first kappa shape index (κ1) is 22.8. The molecule has 2 aromatic rings. The number of rotatable bonds is 7. The smallest absolute Gasteiger partial charge is 0.338 e. The Morgan fingerprint density at radius 1 is 0.939 bits per heavy atom. The second-order valence-electron chi connectivity index (χ2n) is 8.36. The van der Waals surface area contributed by atoms with E-state index in [-0.39, 0.29) is 5.97 Å². The molecule has 1 aliphatic carbocycles. The fraction of sp³-hybridized carbons (Fsp3) is 0.310. The topological polar surface area (TPSA) is 42.5 Å². The van der Waals surface area contributed by atoms with Gasteiger partial charge in [-0.15, -0.1) is 0 Å². The van der Waals surface area contributed by atoms with Crippen molar-refractivity contribution in [1.82, 2.24) is 4.58 Å². The van der Waals surface area contributed by atoms with Gasteiger partial charge >= 0.3 is 5.97 Å². The Morgan fingerprint density at radius 2 is 1.73 bits per heavy atom. The lowest BCUT2D eigenvalue weighted by Crippen LogP contribution is -2.29. The standard InChI is InChI=1S/C29H32NO3/c1-5-8-17-32-29(31)23-12-10-9-11-22(23)28-24-15-13-20(4)18-26(24)33-27-19-21(14-16-25(27)28)30(6-2)7-3/h9-16,18-19H,5-8,17H2,1-4H3/q+1. The number of nitrogens with zero attached hydrogens (tertiary/aromatic N) is 1. The van der Waals surface area contributed by atoms with E-state index in [1.165, 1.54) is 0 Å². The number of unbranched alkanes of at least 4 members (excludes halogenated alkanes) is 1. The molecule has 2 aliphatic rings. The summed E-state index contributed by atoms with van der Waals surface area (Å²) in [6.45, 7) is 10.7. The first-order chi connectivity index (χ1) is 16.1. The molecular formula is C29H32NO3+. The van der Waals surface area contributed by atoms with Crippen LogP contribution in [0.5, 0.6) is 0 Å². The van der Waals surface area contributed by atoms with E-state index in [0.717, 1.165) is 70.3 Å². The van der Waals surface area contributed by atoms with E-state index < -0.39 is 0 Å². The minimum Gasteiger partial charge on any atom is -0.462 e. The van der Waals surface area contributed by atoms with Gasteiger partial charge in [0, 0.05) is 22.6 Å². The Labute approximate surface area is 195 Å². The Hall–Kier alpha value is -3.40. The summed E-state index contributed by atoms with van der Waals surface area (Å²) < 4.78 is 14.3. The highest BCUT2D eigenvalue weighted by molar-refractivity contribution is 6.07. The number of carbonyl (C=O) groups excluding carboxylic acids is 1. The van der Waals surface area contributed by atoms with E-state index in [1.807, 2.05) is 24.3 Å². The van der Waals surface area contributed by atoms with Crippen LogP contribution in [0.3, 0.4) is 0 Å². The van der Waals surface area contributed by atoms with Crippen LogP contribution in [0, 0.1) is 6.92 Å². The van der Waals surface area contributed by atoms with Gasteiger partial charge in [-0.25, -0.2) is 9.37 Å². The van der Waals surface area contributed by atoms with E-state index in [2.05, 4.69) is 68.7 Å². The summed E-state index contributed by atoms with van der Waals surface area (Å²) in [4.78, 5) is 13.0. The summed E-state index contributed by atoms with van der Waals surface area (Å²) in [5.74, 6) is 0.523. The van der Waals surface area contributed by atoms with E-state index in [9.17, 15) is 4.79 Å². The van der Waals surface area contributed by atoms with Crippen LogP contribution >= 0.6 is 0 Å². The van der Waals surface area contributed by atoms with E-state index in [1.54, 1.807) is 0 Å². The molecule has 170 valence electrons. The molecule has 0 unspecified atom stereocenters. The van der Waals surface area contributed by atoms with Gasteiger partial charge in [0.2, 0.25) is 5.36 Å². The van der Waals surface area contributed by atoms with Gasteiger partial charge in [0.05, 0.1) is 18.2 Å². The molecule has 4 heteroatoms. The minimum absolute atomic E-state index is 0.284. The summed E-state index contributed by atoms with van der Waals surface area (Å²) >= 11 is 0. The number of benzene rings is 3. The van der Waals surface area contributed by atoms with Crippen molar-refractivity contribution in [2.45, 2.75) is 40.5 Å². The van der Waals surface area contributed by atoms with Gasteiger partial charge in [0.15, 0.2) is 0 Å². The molecule has 0 amide bonds. The average molecular weight is 443 g/mol. The zero-order valence-electron chi connectivity index (χ0n) is 20.0. The quantitative estimate of drug-likeness (QED) is 0.146.